The molecule has 0 unspecified atom stereocenters. The topological polar surface area (TPSA) is 72.4 Å². The van der Waals surface area contributed by atoms with E-state index in [4.69, 9.17) is 4.52 Å². The number of imidazole rings is 1. The van der Waals surface area contributed by atoms with E-state index in [1.54, 1.807) is 18.2 Å². The van der Waals surface area contributed by atoms with Gasteiger partial charge in [0.1, 0.15) is 11.5 Å². The standard InChI is InChI=1S/C19H15FN4O2/c20-15-6-2-1-5-14(15)17-11-16(23-26-17)19(25)21-9-8-13-12-24-10-4-3-7-18(24)22-13/h1-7,10-12H,8-9H2,(H,21,25). The van der Waals surface area contributed by atoms with Gasteiger partial charge in [0.05, 0.1) is 11.3 Å². The van der Waals surface area contributed by atoms with E-state index < -0.39 is 5.82 Å². The van der Waals surface area contributed by atoms with E-state index in [1.807, 2.05) is 35.0 Å². The van der Waals surface area contributed by atoms with Gasteiger partial charge in [-0.2, -0.15) is 0 Å². The molecule has 4 aromatic rings. The van der Waals surface area contributed by atoms with Crippen molar-refractivity contribution in [1.82, 2.24) is 19.9 Å². The minimum atomic E-state index is -0.428. The normalized spacial score (nSPS) is 11.0. The van der Waals surface area contributed by atoms with E-state index in [2.05, 4.69) is 15.5 Å². The Balaban J connectivity index is 1.38. The zero-order valence-corrected chi connectivity index (χ0v) is 13.7. The van der Waals surface area contributed by atoms with Gasteiger partial charge >= 0.3 is 0 Å². The van der Waals surface area contributed by atoms with Crippen molar-refractivity contribution in [3.8, 4) is 11.3 Å². The van der Waals surface area contributed by atoms with Crippen LogP contribution in [0.4, 0.5) is 4.39 Å². The molecule has 3 aromatic heterocycles. The summed E-state index contributed by atoms with van der Waals surface area (Å²) in [5.74, 6) is -0.587. The van der Waals surface area contributed by atoms with Gasteiger partial charge in [0.2, 0.25) is 0 Å². The van der Waals surface area contributed by atoms with Crippen molar-refractivity contribution in [2.75, 3.05) is 6.54 Å². The monoisotopic (exact) mass is 350 g/mol. The lowest BCUT2D eigenvalue weighted by Gasteiger charge is -2.00. The number of halogens is 1. The summed E-state index contributed by atoms with van der Waals surface area (Å²) in [4.78, 5) is 16.7. The average molecular weight is 350 g/mol. The number of pyridine rings is 1. The summed E-state index contributed by atoms with van der Waals surface area (Å²) >= 11 is 0. The Kier molecular flexibility index (Phi) is 4.18. The van der Waals surface area contributed by atoms with E-state index in [-0.39, 0.29) is 22.9 Å². The number of hydrogen-bond acceptors (Lipinski definition) is 4. The van der Waals surface area contributed by atoms with Crippen LogP contribution in [-0.4, -0.2) is 27.0 Å². The fraction of sp³-hybridized carbons (Fsp3) is 0.105. The van der Waals surface area contributed by atoms with Gasteiger partial charge in [-0.3, -0.25) is 4.79 Å². The zero-order valence-electron chi connectivity index (χ0n) is 13.7. The predicted molar refractivity (Wildman–Crippen MR) is 93.1 cm³/mol. The Morgan fingerprint density at radius 3 is 2.88 bits per heavy atom. The molecule has 6 nitrogen and oxygen atoms in total. The molecule has 1 N–H and O–H groups in total. The smallest absolute Gasteiger partial charge is 0.273 e. The number of fused-ring (bicyclic) bond motifs is 1. The summed E-state index contributed by atoms with van der Waals surface area (Å²) in [5, 5.41) is 6.49. The first-order chi connectivity index (χ1) is 12.7. The molecule has 4 rings (SSSR count). The number of rotatable bonds is 5. The second kappa shape index (κ2) is 6.79. The molecule has 1 aromatic carbocycles. The largest absolute Gasteiger partial charge is 0.355 e. The third-order valence-corrected chi connectivity index (χ3v) is 3.96. The Labute approximate surface area is 148 Å². The molecular weight excluding hydrogens is 335 g/mol. The van der Waals surface area contributed by atoms with E-state index in [0.717, 1.165) is 11.3 Å². The fourth-order valence-corrected chi connectivity index (χ4v) is 2.67. The second-order valence-electron chi connectivity index (χ2n) is 5.76. The van der Waals surface area contributed by atoms with Gasteiger partial charge in [-0.1, -0.05) is 23.4 Å². The first kappa shape index (κ1) is 16.0. The maximum absolute atomic E-state index is 13.8. The van der Waals surface area contributed by atoms with Crippen LogP contribution < -0.4 is 5.32 Å². The number of carbonyl (C=O) groups is 1. The lowest BCUT2D eigenvalue weighted by Crippen LogP contribution is -2.26. The van der Waals surface area contributed by atoms with Crippen molar-refractivity contribution in [2.24, 2.45) is 0 Å². The first-order valence-corrected chi connectivity index (χ1v) is 8.13. The van der Waals surface area contributed by atoms with E-state index in [9.17, 15) is 9.18 Å². The lowest BCUT2D eigenvalue weighted by molar-refractivity contribution is 0.0945. The van der Waals surface area contributed by atoms with Crippen molar-refractivity contribution < 1.29 is 13.7 Å². The summed E-state index contributed by atoms with van der Waals surface area (Å²) in [6, 6.07) is 13.4. The average Bonchev–Trinajstić information content (AvgIpc) is 3.28. The van der Waals surface area contributed by atoms with Gasteiger partial charge in [0.25, 0.3) is 5.91 Å². The van der Waals surface area contributed by atoms with Crippen LogP contribution in [0.3, 0.4) is 0 Å². The number of carbonyl (C=O) groups excluding carboxylic acids is 1. The molecule has 130 valence electrons. The highest BCUT2D eigenvalue weighted by Crippen LogP contribution is 2.23. The Hall–Kier alpha value is -3.48. The van der Waals surface area contributed by atoms with Crippen LogP contribution >= 0.6 is 0 Å². The number of amides is 1. The number of hydrogen-bond donors (Lipinski definition) is 1. The Morgan fingerprint density at radius 1 is 1.19 bits per heavy atom. The third-order valence-electron chi connectivity index (χ3n) is 3.96. The predicted octanol–water partition coefficient (Wildman–Crippen LogP) is 3.10. The summed E-state index contributed by atoms with van der Waals surface area (Å²) in [5.41, 5.74) is 2.12. The summed E-state index contributed by atoms with van der Waals surface area (Å²) in [6.07, 6.45) is 4.43. The van der Waals surface area contributed by atoms with Gasteiger partial charge in [-0.05, 0) is 24.3 Å². The van der Waals surface area contributed by atoms with Crippen LogP contribution in [0.2, 0.25) is 0 Å². The van der Waals surface area contributed by atoms with Crippen molar-refractivity contribution in [3.05, 3.63) is 78.1 Å². The molecule has 0 saturated heterocycles. The van der Waals surface area contributed by atoms with Crippen LogP contribution in [0.15, 0.2) is 65.4 Å². The van der Waals surface area contributed by atoms with Gasteiger partial charge in [-0.15, -0.1) is 0 Å². The molecule has 0 aliphatic heterocycles. The first-order valence-electron chi connectivity index (χ1n) is 8.13. The number of benzene rings is 1. The Morgan fingerprint density at radius 2 is 2.04 bits per heavy atom. The summed E-state index contributed by atoms with van der Waals surface area (Å²) in [7, 11) is 0. The highest BCUT2D eigenvalue weighted by molar-refractivity contribution is 5.93. The number of nitrogens with one attached hydrogen (secondary N) is 1. The molecule has 7 heteroatoms. The molecule has 0 radical (unpaired) electrons. The molecule has 1 amide bonds. The minimum absolute atomic E-state index is 0.109. The molecule has 26 heavy (non-hydrogen) atoms. The van der Waals surface area contributed by atoms with E-state index in [1.165, 1.54) is 12.1 Å². The number of nitrogens with zero attached hydrogens (tertiary/aromatic N) is 3. The molecule has 0 spiro atoms. The van der Waals surface area contributed by atoms with Crippen LogP contribution in [0.1, 0.15) is 16.2 Å². The van der Waals surface area contributed by atoms with Crippen LogP contribution in [-0.2, 0) is 6.42 Å². The molecule has 0 aliphatic rings. The van der Waals surface area contributed by atoms with Gasteiger partial charge in [0.15, 0.2) is 11.5 Å². The number of aromatic nitrogens is 3. The second-order valence-corrected chi connectivity index (χ2v) is 5.76. The summed E-state index contributed by atoms with van der Waals surface area (Å²) < 4.78 is 20.8. The third kappa shape index (κ3) is 3.19. The zero-order chi connectivity index (χ0) is 17.9. The quantitative estimate of drug-likeness (QED) is 0.600. The van der Waals surface area contributed by atoms with E-state index in [0.29, 0.717) is 13.0 Å². The highest BCUT2D eigenvalue weighted by atomic mass is 19.1. The van der Waals surface area contributed by atoms with Crippen molar-refractivity contribution in [3.63, 3.8) is 0 Å². The van der Waals surface area contributed by atoms with Gasteiger partial charge in [0, 0.05) is 31.4 Å². The molecule has 3 heterocycles. The molecule has 0 saturated carbocycles. The van der Waals surface area contributed by atoms with E-state index >= 15 is 0 Å². The maximum Gasteiger partial charge on any atom is 0.273 e. The van der Waals surface area contributed by atoms with Gasteiger partial charge < -0.3 is 14.2 Å². The highest BCUT2D eigenvalue weighted by Gasteiger charge is 2.15. The van der Waals surface area contributed by atoms with Crippen molar-refractivity contribution in [2.45, 2.75) is 6.42 Å². The van der Waals surface area contributed by atoms with Crippen LogP contribution in [0.5, 0.6) is 0 Å². The Bertz CT molecular complexity index is 1040. The van der Waals surface area contributed by atoms with Crippen LogP contribution in [0, 0.1) is 5.82 Å². The maximum atomic E-state index is 13.8. The van der Waals surface area contributed by atoms with Crippen molar-refractivity contribution >= 4 is 11.6 Å². The van der Waals surface area contributed by atoms with Crippen molar-refractivity contribution in [1.29, 1.82) is 0 Å². The molecule has 0 atom stereocenters. The van der Waals surface area contributed by atoms with Gasteiger partial charge in [-0.25, -0.2) is 9.37 Å². The molecular formula is C19H15FN4O2. The summed E-state index contributed by atoms with van der Waals surface area (Å²) in [6.45, 7) is 0.407. The lowest BCUT2D eigenvalue weighted by atomic mass is 10.1. The molecule has 0 fully saturated rings. The minimum Gasteiger partial charge on any atom is -0.355 e. The SMILES string of the molecule is O=C(NCCc1cn2ccccc2n1)c1cc(-c2ccccc2F)on1. The molecule has 0 bridgehead atoms. The fourth-order valence-electron chi connectivity index (χ4n) is 2.67. The van der Waals surface area contributed by atoms with Crippen LogP contribution in [0.25, 0.3) is 17.0 Å². The molecule has 0 aliphatic carbocycles.